The molecule has 0 aromatic carbocycles. The van der Waals surface area contributed by atoms with Crippen LogP contribution in [0.2, 0.25) is 0 Å². The minimum atomic E-state index is -0.723. The van der Waals surface area contributed by atoms with Crippen LogP contribution in [-0.2, 0) is 9.47 Å². The van der Waals surface area contributed by atoms with Crippen molar-refractivity contribution in [3.63, 3.8) is 0 Å². The largest absolute Gasteiger partial charge is 0.392 e. The first-order valence-electron chi connectivity index (χ1n) is 8.82. The first-order chi connectivity index (χ1) is 11.4. The molecule has 0 aliphatic heterocycles. The van der Waals surface area contributed by atoms with Crippen LogP contribution in [0.1, 0.15) is 59.3 Å². The van der Waals surface area contributed by atoms with Crippen molar-refractivity contribution in [2.24, 2.45) is 0 Å². The number of methoxy groups -OCH3 is 1. The van der Waals surface area contributed by atoms with Gasteiger partial charge in [-0.1, -0.05) is 29.4 Å². The maximum Gasteiger partial charge on any atom is 0.147 e. The predicted octanol–water partition coefficient (Wildman–Crippen LogP) is 3.89. The molecule has 24 heavy (non-hydrogen) atoms. The molecule has 0 aromatic heterocycles. The molecular formula is C20H34O4. The molecule has 0 unspecified atom stereocenters. The normalized spacial score (nSPS) is 34.2. The quantitative estimate of drug-likeness (QED) is 0.603. The fraction of sp³-hybridized carbons (Fsp3) is 0.700. The van der Waals surface area contributed by atoms with Gasteiger partial charge in [-0.3, -0.25) is 0 Å². The number of aliphatic hydroxyl groups is 2. The van der Waals surface area contributed by atoms with E-state index in [1.165, 1.54) is 11.1 Å². The van der Waals surface area contributed by atoms with Crippen molar-refractivity contribution in [3.8, 4) is 0 Å². The molecule has 1 rings (SSSR count). The van der Waals surface area contributed by atoms with Crippen molar-refractivity contribution in [3.05, 3.63) is 34.9 Å². The van der Waals surface area contributed by atoms with Gasteiger partial charge in [0.2, 0.25) is 0 Å². The number of hydrogen-bond acceptors (Lipinski definition) is 4. The fourth-order valence-corrected chi connectivity index (χ4v) is 2.77. The topological polar surface area (TPSA) is 58.9 Å². The van der Waals surface area contributed by atoms with Gasteiger partial charge in [0.1, 0.15) is 6.79 Å². The Kier molecular flexibility index (Phi) is 9.52. The summed E-state index contributed by atoms with van der Waals surface area (Å²) in [6.07, 6.45) is 10.7. The molecule has 138 valence electrons. The fourth-order valence-electron chi connectivity index (χ4n) is 2.77. The van der Waals surface area contributed by atoms with E-state index in [-0.39, 0.29) is 13.4 Å². The number of aliphatic hydroxyl groups excluding tert-OH is 2. The van der Waals surface area contributed by atoms with Crippen molar-refractivity contribution in [2.45, 2.75) is 71.0 Å². The molecule has 2 atom stereocenters. The van der Waals surface area contributed by atoms with Gasteiger partial charge in [0.25, 0.3) is 0 Å². The van der Waals surface area contributed by atoms with Crippen LogP contribution >= 0.6 is 0 Å². The Balaban J connectivity index is 3.01. The average Bonchev–Trinajstić information content (AvgIpc) is 2.57. The molecule has 0 aromatic rings. The van der Waals surface area contributed by atoms with Crippen LogP contribution in [0.15, 0.2) is 34.9 Å². The molecule has 4 heteroatoms. The van der Waals surface area contributed by atoms with Gasteiger partial charge in [0.15, 0.2) is 0 Å². The molecule has 0 amide bonds. The van der Waals surface area contributed by atoms with Gasteiger partial charge in [-0.25, -0.2) is 0 Å². The molecule has 0 bridgehead atoms. The van der Waals surface area contributed by atoms with E-state index in [2.05, 4.69) is 26.0 Å². The van der Waals surface area contributed by atoms with Gasteiger partial charge in [-0.15, -0.1) is 0 Å². The molecule has 2 N–H and O–H groups in total. The van der Waals surface area contributed by atoms with Gasteiger partial charge in [0.05, 0.1) is 18.3 Å². The summed E-state index contributed by atoms with van der Waals surface area (Å²) in [4.78, 5) is 0. The highest BCUT2D eigenvalue weighted by Gasteiger charge is 2.33. The number of hydrogen-bond donors (Lipinski definition) is 2. The molecular weight excluding hydrogens is 304 g/mol. The summed E-state index contributed by atoms with van der Waals surface area (Å²) in [7, 11) is 1.58. The number of ether oxygens (including phenoxy) is 2. The Bertz CT molecular complexity index is 464. The van der Waals surface area contributed by atoms with Crippen LogP contribution in [0.25, 0.3) is 0 Å². The third kappa shape index (κ3) is 7.31. The summed E-state index contributed by atoms with van der Waals surface area (Å²) >= 11 is 0. The summed E-state index contributed by atoms with van der Waals surface area (Å²) in [5, 5.41) is 20.3. The second kappa shape index (κ2) is 10.8. The van der Waals surface area contributed by atoms with Crippen molar-refractivity contribution >= 4 is 0 Å². The summed E-state index contributed by atoms with van der Waals surface area (Å²) in [6, 6.07) is 0. The minimum absolute atomic E-state index is 0.0270. The maximum absolute atomic E-state index is 10.7. The van der Waals surface area contributed by atoms with Gasteiger partial charge in [0, 0.05) is 7.11 Å². The Hall–Kier alpha value is -0.940. The van der Waals surface area contributed by atoms with Crippen LogP contribution in [0.3, 0.4) is 0 Å². The third-order valence-corrected chi connectivity index (χ3v) is 4.77. The van der Waals surface area contributed by atoms with Crippen molar-refractivity contribution in [1.29, 1.82) is 0 Å². The van der Waals surface area contributed by atoms with E-state index in [1.807, 2.05) is 13.0 Å². The highest BCUT2D eigenvalue weighted by Crippen LogP contribution is 2.27. The average molecular weight is 338 g/mol. The second-order valence-corrected chi connectivity index (χ2v) is 6.99. The van der Waals surface area contributed by atoms with Gasteiger partial charge in [-0.05, 0) is 64.9 Å². The smallest absolute Gasteiger partial charge is 0.147 e. The monoisotopic (exact) mass is 338 g/mol. The summed E-state index contributed by atoms with van der Waals surface area (Å²) in [5.74, 6) is 0. The van der Waals surface area contributed by atoms with E-state index >= 15 is 0 Å². The van der Waals surface area contributed by atoms with Crippen molar-refractivity contribution < 1.29 is 19.7 Å². The van der Waals surface area contributed by atoms with Crippen LogP contribution in [0, 0.1) is 0 Å². The SMILES string of the molecule is COCO[C@]1(C)C/C=C(\CO)C/C=C(\C)CC/C=C(\C)CC[C@@H]1O. The zero-order chi connectivity index (χ0) is 18.0. The van der Waals surface area contributed by atoms with Crippen LogP contribution in [-0.4, -0.2) is 42.4 Å². The highest BCUT2D eigenvalue weighted by atomic mass is 16.7. The molecule has 0 fully saturated rings. The lowest BCUT2D eigenvalue weighted by molar-refractivity contribution is -0.168. The second-order valence-electron chi connectivity index (χ2n) is 6.99. The lowest BCUT2D eigenvalue weighted by Crippen LogP contribution is -2.42. The van der Waals surface area contributed by atoms with Gasteiger partial charge < -0.3 is 19.7 Å². The standard InChI is InChI=1S/C20H34O4/c1-16-6-5-7-17(2)9-11-19(22)20(3,24-15-23-4)13-12-18(14-21)10-8-16/h7-8,12,19,21-22H,5-6,9-11,13-15H2,1-4H3/b16-8+,17-7+,18-12-/t19-,20+/m0/s1. The zero-order valence-corrected chi connectivity index (χ0v) is 15.7. The Morgan fingerprint density at radius 2 is 1.88 bits per heavy atom. The van der Waals surface area contributed by atoms with Crippen molar-refractivity contribution in [1.82, 2.24) is 0 Å². The van der Waals surface area contributed by atoms with Crippen molar-refractivity contribution in [2.75, 3.05) is 20.5 Å². The maximum atomic E-state index is 10.7. The summed E-state index contributed by atoms with van der Waals surface area (Å²) in [6.45, 7) is 6.34. The third-order valence-electron chi connectivity index (χ3n) is 4.77. The summed E-state index contributed by atoms with van der Waals surface area (Å²) in [5.41, 5.74) is 2.88. The Labute approximate surface area is 146 Å². The van der Waals surface area contributed by atoms with E-state index in [9.17, 15) is 10.2 Å². The first kappa shape index (κ1) is 21.1. The lowest BCUT2D eigenvalue weighted by atomic mass is 9.89. The lowest BCUT2D eigenvalue weighted by Gasteiger charge is -2.34. The summed E-state index contributed by atoms with van der Waals surface area (Å²) < 4.78 is 10.8. The molecule has 0 radical (unpaired) electrons. The number of rotatable bonds is 4. The molecule has 1 aliphatic rings. The molecule has 0 spiro atoms. The zero-order valence-electron chi connectivity index (χ0n) is 15.7. The van der Waals surface area contributed by atoms with E-state index in [1.54, 1.807) is 7.11 Å². The minimum Gasteiger partial charge on any atom is -0.392 e. The first-order valence-corrected chi connectivity index (χ1v) is 8.82. The molecule has 4 nitrogen and oxygen atoms in total. The van der Waals surface area contributed by atoms with Crippen LogP contribution < -0.4 is 0 Å². The van der Waals surface area contributed by atoms with E-state index in [4.69, 9.17) is 9.47 Å². The molecule has 1 aliphatic carbocycles. The number of allylic oxidation sites excluding steroid dienone is 4. The van der Waals surface area contributed by atoms with E-state index in [0.717, 1.165) is 31.3 Å². The van der Waals surface area contributed by atoms with E-state index < -0.39 is 11.7 Å². The van der Waals surface area contributed by atoms with E-state index in [0.29, 0.717) is 12.8 Å². The van der Waals surface area contributed by atoms with Crippen LogP contribution in [0.4, 0.5) is 0 Å². The van der Waals surface area contributed by atoms with Gasteiger partial charge in [-0.2, -0.15) is 0 Å². The highest BCUT2D eigenvalue weighted by molar-refractivity contribution is 5.14. The molecule has 0 heterocycles. The Morgan fingerprint density at radius 3 is 2.54 bits per heavy atom. The molecule has 0 saturated carbocycles. The molecule has 0 saturated heterocycles. The van der Waals surface area contributed by atoms with Gasteiger partial charge >= 0.3 is 0 Å². The predicted molar refractivity (Wildman–Crippen MR) is 97.8 cm³/mol. The van der Waals surface area contributed by atoms with Crippen LogP contribution in [0.5, 0.6) is 0 Å². The Morgan fingerprint density at radius 1 is 1.17 bits per heavy atom.